The van der Waals surface area contributed by atoms with Gasteiger partial charge in [-0.05, 0) is 0 Å². The third kappa shape index (κ3) is 3.72. The molecule has 0 unspecified atom stereocenters. The van der Waals surface area contributed by atoms with Crippen molar-refractivity contribution in [1.29, 1.82) is 0 Å². The van der Waals surface area contributed by atoms with Gasteiger partial charge in [-0.15, -0.1) is 0 Å². The van der Waals surface area contributed by atoms with E-state index >= 15 is 0 Å². The normalized spacial score (nSPS) is 12.5. The van der Waals surface area contributed by atoms with Crippen molar-refractivity contribution in [2.24, 2.45) is 0 Å². The minimum atomic E-state index is -3.95. The third-order valence-electron chi connectivity index (χ3n) is 4.82. The average Bonchev–Trinajstić information content (AvgIpc) is 2.66. The summed E-state index contributed by atoms with van der Waals surface area (Å²) in [6.07, 6.45) is 2.05. The highest BCUT2D eigenvalue weighted by atomic mass is 32.3. The molecule has 0 aliphatic rings. The van der Waals surface area contributed by atoms with Crippen molar-refractivity contribution in [2.75, 3.05) is 12.5 Å². The van der Waals surface area contributed by atoms with Crippen molar-refractivity contribution in [3.63, 3.8) is 0 Å². The van der Waals surface area contributed by atoms with E-state index in [1.807, 2.05) is 91.0 Å². The minimum absolute atomic E-state index is 0.744. The Morgan fingerprint density at radius 1 is 0.536 bits per heavy atom. The second-order valence-corrected chi connectivity index (χ2v) is 16.2. The van der Waals surface area contributed by atoms with E-state index < -0.39 is 32.2 Å². The standard InChI is InChI=1S/C20H21BO4S2Si/c1-26(22,23)21(27(2,24)25)28(18-12-6-3-7-13-18,19-14-8-4-9-15-19)20-16-10-5-11-17-20/h3-17H,1-2H3. The summed E-state index contributed by atoms with van der Waals surface area (Å²) in [6.45, 7) is 0. The Bertz CT molecular complexity index is 1020. The highest BCUT2D eigenvalue weighted by molar-refractivity contribution is 8.54. The van der Waals surface area contributed by atoms with Gasteiger partial charge in [-0.1, -0.05) is 107 Å². The van der Waals surface area contributed by atoms with E-state index in [4.69, 9.17) is 0 Å². The number of hydrogen-bond acceptors (Lipinski definition) is 4. The van der Waals surface area contributed by atoms with Crippen molar-refractivity contribution in [1.82, 2.24) is 0 Å². The molecule has 0 saturated carbocycles. The fourth-order valence-electron chi connectivity index (χ4n) is 3.97. The van der Waals surface area contributed by atoms with Gasteiger partial charge in [0.2, 0.25) is 0 Å². The smallest absolute Gasteiger partial charge is 0.240 e. The molecule has 0 aliphatic carbocycles. The van der Waals surface area contributed by atoms with E-state index in [0.29, 0.717) is 0 Å². The third-order valence-corrected chi connectivity index (χ3v) is 17.6. The highest BCUT2D eigenvalue weighted by Crippen LogP contribution is 2.19. The van der Waals surface area contributed by atoms with E-state index in [1.165, 1.54) is 0 Å². The second-order valence-electron chi connectivity index (χ2n) is 6.90. The zero-order valence-electron chi connectivity index (χ0n) is 15.7. The molecule has 0 bridgehead atoms. The van der Waals surface area contributed by atoms with Crippen LogP contribution in [0.5, 0.6) is 0 Å². The summed E-state index contributed by atoms with van der Waals surface area (Å²) in [6, 6.07) is 27.5. The molecule has 0 saturated heterocycles. The molecule has 0 N–H and O–H groups in total. The van der Waals surface area contributed by atoms with Crippen LogP contribution in [0.3, 0.4) is 0 Å². The number of rotatable bonds is 6. The van der Waals surface area contributed by atoms with Gasteiger partial charge >= 0.3 is 4.86 Å². The molecule has 3 rings (SSSR count). The van der Waals surface area contributed by atoms with Gasteiger partial charge in [0.1, 0.15) is 19.4 Å². The first-order chi connectivity index (χ1) is 13.2. The van der Waals surface area contributed by atoms with Crippen molar-refractivity contribution >= 4 is 47.7 Å². The summed E-state index contributed by atoms with van der Waals surface area (Å²) in [5, 5.41) is 2.23. The molecule has 0 aromatic heterocycles. The van der Waals surface area contributed by atoms with Crippen LogP contribution >= 0.6 is 0 Å². The molecule has 0 aliphatic heterocycles. The van der Waals surface area contributed by atoms with E-state index in [9.17, 15) is 16.8 Å². The Morgan fingerprint density at radius 2 is 0.786 bits per heavy atom. The quantitative estimate of drug-likeness (QED) is 0.431. The maximum absolute atomic E-state index is 13.0. The van der Waals surface area contributed by atoms with Gasteiger partial charge in [-0.3, -0.25) is 0 Å². The minimum Gasteiger partial charge on any atom is -0.240 e. The molecular formula is C20H21BO4S2Si. The van der Waals surface area contributed by atoms with Crippen molar-refractivity contribution in [2.45, 2.75) is 0 Å². The summed E-state index contributed by atoms with van der Waals surface area (Å²) >= 11 is 0. The van der Waals surface area contributed by atoms with Gasteiger partial charge in [0, 0.05) is 12.5 Å². The summed E-state index contributed by atoms with van der Waals surface area (Å²) in [7, 11) is -11.4. The van der Waals surface area contributed by atoms with Crippen molar-refractivity contribution in [3.05, 3.63) is 91.0 Å². The van der Waals surface area contributed by atoms with Crippen LogP contribution in [-0.2, 0) is 19.4 Å². The van der Waals surface area contributed by atoms with E-state index in [1.54, 1.807) is 0 Å². The molecule has 3 aromatic rings. The predicted octanol–water partition coefficient (Wildman–Crippen LogP) is 0.813. The van der Waals surface area contributed by atoms with Gasteiger partial charge in [0.15, 0.2) is 7.94 Å². The molecule has 0 atom stereocenters. The maximum Gasteiger partial charge on any atom is 0.433 e. The fraction of sp³-hybridized carbons (Fsp3) is 0.100. The van der Waals surface area contributed by atoms with E-state index in [0.717, 1.165) is 28.1 Å². The molecule has 144 valence electrons. The highest BCUT2D eigenvalue weighted by Gasteiger charge is 2.61. The lowest BCUT2D eigenvalue weighted by Crippen LogP contribution is -2.79. The molecular weight excluding hydrogens is 407 g/mol. The van der Waals surface area contributed by atoms with Crippen molar-refractivity contribution < 1.29 is 16.8 Å². The van der Waals surface area contributed by atoms with Crippen LogP contribution < -0.4 is 15.6 Å². The Hall–Kier alpha value is -2.16. The number of benzene rings is 3. The Balaban J connectivity index is 2.59. The lowest BCUT2D eigenvalue weighted by Gasteiger charge is -2.36. The maximum atomic E-state index is 13.0. The van der Waals surface area contributed by atoms with Gasteiger partial charge in [0.25, 0.3) is 0 Å². The van der Waals surface area contributed by atoms with E-state index in [-0.39, 0.29) is 0 Å². The van der Waals surface area contributed by atoms with Crippen LogP contribution in [-0.4, -0.2) is 42.2 Å². The number of hydrogen-bond donors (Lipinski definition) is 0. The molecule has 0 heterocycles. The summed E-state index contributed by atoms with van der Waals surface area (Å²) < 4.78 is 52.0. The van der Waals surface area contributed by atoms with Crippen LogP contribution in [0.25, 0.3) is 0 Å². The Labute approximate surface area is 167 Å². The summed E-state index contributed by atoms with van der Waals surface area (Å²) in [5.74, 6) is 0. The first-order valence-corrected chi connectivity index (χ1v) is 14.7. The SMILES string of the molecule is CS(=O)(=O)B([Si](c1ccccc1)(c1ccccc1)c1ccccc1)S(C)(=O)=O. The van der Waals surface area contributed by atoms with E-state index in [2.05, 4.69) is 0 Å². The van der Waals surface area contributed by atoms with Crippen LogP contribution in [0.2, 0.25) is 0 Å². The molecule has 0 fully saturated rings. The first-order valence-electron chi connectivity index (χ1n) is 8.73. The molecule has 3 aromatic carbocycles. The zero-order chi connectivity index (χ0) is 20.4. The molecule has 8 heteroatoms. The zero-order valence-corrected chi connectivity index (χ0v) is 18.3. The van der Waals surface area contributed by atoms with Gasteiger partial charge in [0.05, 0.1) is 0 Å². The van der Waals surface area contributed by atoms with Crippen LogP contribution in [0.1, 0.15) is 0 Å². The van der Waals surface area contributed by atoms with Crippen LogP contribution in [0.15, 0.2) is 91.0 Å². The molecule has 28 heavy (non-hydrogen) atoms. The molecule has 4 nitrogen and oxygen atoms in total. The monoisotopic (exact) mass is 428 g/mol. The summed E-state index contributed by atoms with van der Waals surface area (Å²) in [5.41, 5.74) is 0. The van der Waals surface area contributed by atoms with Crippen LogP contribution in [0.4, 0.5) is 0 Å². The molecule has 0 amide bonds. The predicted molar refractivity (Wildman–Crippen MR) is 119 cm³/mol. The largest absolute Gasteiger partial charge is 0.433 e. The Kier molecular flexibility index (Phi) is 5.65. The lowest BCUT2D eigenvalue weighted by molar-refractivity contribution is 0.610. The first kappa shape index (κ1) is 20.6. The average molecular weight is 428 g/mol. The fourth-order valence-corrected chi connectivity index (χ4v) is 18.1. The lowest BCUT2D eigenvalue weighted by atomic mass is 10.3. The van der Waals surface area contributed by atoms with Crippen LogP contribution in [0, 0.1) is 0 Å². The second kappa shape index (κ2) is 7.69. The molecule has 0 spiro atoms. The topological polar surface area (TPSA) is 68.3 Å². The van der Waals surface area contributed by atoms with Gasteiger partial charge in [-0.25, -0.2) is 16.8 Å². The van der Waals surface area contributed by atoms with Gasteiger partial charge in [-0.2, -0.15) is 0 Å². The summed E-state index contributed by atoms with van der Waals surface area (Å²) in [4.78, 5) is -1.54. The van der Waals surface area contributed by atoms with Gasteiger partial charge < -0.3 is 0 Å². The van der Waals surface area contributed by atoms with Crippen molar-refractivity contribution in [3.8, 4) is 0 Å². The Morgan fingerprint density at radius 3 is 1.00 bits per heavy atom. The molecule has 0 radical (unpaired) electrons.